The van der Waals surface area contributed by atoms with Crippen molar-refractivity contribution in [2.45, 2.75) is 19.9 Å². The quantitative estimate of drug-likeness (QED) is 0.781. The summed E-state index contributed by atoms with van der Waals surface area (Å²) < 4.78 is 5.22. The maximum absolute atomic E-state index is 12.3. The Kier molecular flexibility index (Phi) is 4.81. The third-order valence-electron chi connectivity index (χ3n) is 3.52. The van der Waals surface area contributed by atoms with Crippen LogP contribution in [0.1, 0.15) is 20.8 Å². The molecule has 1 atom stereocenters. The molecule has 1 aromatic heterocycles. The number of morpholine rings is 1. The molecular weight excluding hydrogens is 296 g/mol. The molecule has 2 heterocycles. The van der Waals surface area contributed by atoms with Gasteiger partial charge in [0.1, 0.15) is 5.00 Å². The SMILES string of the molecule is Cc1sc(NC(=O)N2CCOCC2CO)c(C(=O)O)c1C. The van der Waals surface area contributed by atoms with Gasteiger partial charge in [-0.3, -0.25) is 5.32 Å². The Balaban J connectivity index is 2.19. The molecule has 0 aliphatic carbocycles. The zero-order chi connectivity index (χ0) is 15.6. The molecule has 3 N–H and O–H groups in total. The predicted octanol–water partition coefficient (Wildman–Crippen LogP) is 1.29. The van der Waals surface area contributed by atoms with Crippen LogP contribution in [-0.4, -0.2) is 59.5 Å². The Morgan fingerprint density at radius 3 is 2.81 bits per heavy atom. The molecule has 21 heavy (non-hydrogen) atoms. The molecule has 0 saturated carbocycles. The van der Waals surface area contributed by atoms with E-state index in [0.29, 0.717) is 23.7 Å². The molecule has 0 radical (unpaired) electrons. The first-order valence-electron chi connectivity index (χ1n) is 6.55. The molecule has 1 fully saturated rings. The fourth-order valence-corrected chi connectivity index (χ4v) is 3.26. The summed E-state index contributed by atoms with van der Waals surface area (Å²) in [6, 6.07) is -0.824. The number of aliphatic hydroxyl groups is 1. The van der Waals surface area contributed by atoms with Crippen LogP contribution < -0.4 is 5.32 Å². The molecule has 1 saturated heterocycles. The van der Waals surface area contributed by atoms with Crippen molar-refractivity contribution in [3.05, 3.63) is 16.0 Å². The molecule has 116 valence electrons. The van der Waals surface area contributed by atoms with Gasteiger partial charge in [0.2, 0.25) is 0 Å². The summed E-state index contributed by atoms with van der Waals surface area (Å²) in [5.41, 5.74) is 0.781. The second-order valence-electron chi connectivity index (χ2n) is 4.83. The average molecular weight is 314 g/mol. The van der Waals surface area contributed by atoms with E-state index in [9.17, 15) is 19.8 Å². The Bertz CT molecular complexity index is 557. The van der Waals surface area contributed by atoms with Crippen LogP contribution in [0.5, 0.6) is 0 Å². The standard InChI is InChI=1S/C13H18N2O5S/c1-7-8(2)21-11(10(7)12(17)18)14-13(19)15-3-4-20-6-9(15)5-16/h9,16H,3-6H2,1-2H3,(H,14,19)(H,17,18). The first kappa shape index (κ1) is 15.7. The van der Waals surface area contributed by atoms with Crippen molar-refractivity contribution in [2.24, 2.45) is 0 Å². The van der Waals surface area contributed by atoms with Crippen LogP contribution in [-0.2, 0) is 4.74 Å². The van der Waals surface area contributed by atoms with Crippen molar-refractivity contribution in [3.8, 4) is 0 Å². The summed E-state index contributed by atoms with van der Waals surface area (Å²) in [6.45, 7) is 4.38. The van der Waals surface area contributed by atoms with E-state index in [1.54, 1.807) is 6.92 Å². The zero-order valence-electron chi connectivity index (χ0n) is 11.9. The summed E-state index contributed by atoms with van der Waals surface area (Å²) in [5.74, 6) is -1.06. The zero-order valence-corrected chi connectivity index (χ0v) is 12.7. The molecule has 1 aromatic rings. The minimum Gasteiger partial charge on any atom is -0.478 e. The van der Waals surface area contributed by atoms with E-state index in [1.807, 2.05) is 6.92 Å². The number of aliphatic hydroxyl groups excluding tert-OH is 1. The molecule has 2 rings (SSSR count). The minimum absolute atomic E-state index is 0.125. The number of rotatable bonds is 3. The largest absolute Gasteiger partial charge is 0.478 e. The number of carboxylic acid groups (broad SMARTS) is 1. The first-order valence-corrected chi connectivity index (χ1v) is 7.36. The maximum atomic E-state index is 12.3. The summed E-state index contributed by atoms with van der Waals surface area (Å²) in [7, 11) is 0. The summed E-state index contributed by atoms with van der Waals surface area (Å²) >= 11 is 1.24. The molecule has 0 aromatic carbocycles. The van der Waals surface area contributed by atoms with E-state index in [4.69, 9.17) is 4.74 Å². The molecule has 2 amide bonds. The van der Waals surface area contributed by atoms with Crippen molar-refractivity contribution in [2.75, 3.05) is 31.7 Å². The van der Waals surface area contributed by atoms with Crippen molar-refractivity contribution in [1.29, 1.82) is 0 Å². The van der Waals surface area contributed by atoms with Gasteiger partial charge in [-0.1, -0.05) is 0 Å². The van der Waals surface area contributed by atoms with Gasteiger partial charge >= 0.3 is 12.0 Å². The third kappa shape index (κ3) is 3.17. The number of carbonyl (C=O) groups is 2. The van der Waals surface area contributed by atoms with Gasteiger partial charge in [-0.2, -0.15) is 0 Å². The Hall–Kier alpha value is -1.64. The fourth-order valence-electron chi connectivity index (χ4n) is 2.21. The number of aryl methyl sites for hydroxylation is 1. The number of hydrogen-bond acceptors (Lipinski definition) is 5. The molecular formula is C13H18N2O5S. The Labute approximate surface area is 126 Å². The lowest BCUT2D eigenvalue weighted by Crippen LogP contribution is -2.52. The summed E-state index contributed by atoms with van der Waals surface area (Å²) in [6.07, 6.45) is 0. The van der Waals surface area contributed by atoms with Crippen molar-refractivity contribution in [1.82, 2.24) is 4.90 Å². The lowest BCUT2D eigenvalue weighted by Gasteiger charge is -2.34. The number of anilines is 1. The van der Waals surface area contributed by atoms with Crippen molar-refractivity contribution < 1.29 is 24.5 Å². The minimum atomic E-state index is -1.06. The highest BCUT2D eigenvalue weighted by atomic mass is 32.1. The van der Waals surface area contributed by atoms with Gasteiger partial charge in [0.05, 0.1) is 31.4 Å². The van der Waals surface area contributed by atoms with Gasteiger partial charge < -0.3 is 19.8 Å². The lowest BCUT2D eigenvalue weighted by atomic mass is 10.1. The van der Waals surface area contributed by atoms with E-state index in [2.05, 4.69) is 5.32 Å². The smallest absolute Gasteiger partial charge is 0.338 e. The summed E-state index contributed by atoms with van der Waals surface area (Å²) in [5, 5.41) is 21.5. The van der Waals surface area contributed by atoms with Crippen LogP contribution >= 0.6 is 11.3 Å². The number of carbonyl (C=O) groups excluding carboxylic acids is 1. The van der Waals surface area contributed by atoms with Crippen LogP contribution in [0.15, 0.2) is 0 Å². The highest BCUT2D eigenvalue weighted by Gasteiger charge is 2.28. The second-order valence-corrected chi connectivity index (χ2v) is 6.05. The van der Waals surface area contributed by atoms with Gasteiger partial charge in [-0.15, -0.1) is 11.3 Å². The van der Waals surface area contributed by atoms with Crippen LogP contribution in [0.4, 0.5) is 9.80 Å². The number of urea groups is 1. The van der Waals surface area contributed by atoms with Crippen molar-refractivity contribution >= 4 is 28.3 Å². The highest BCUT2D eigenvalue weighted by molar-refractivity contribution is 7.16. The second kappa shape index (κ2) is 6.42. The number of aromatic carboxylic acids is 1. The number of nitrogens with one attached hydrogen (secondary N) is 1. The van der Waals surface area contributed by atoms with Crippen LogP contribution in [0.3, 0.4) is 0 Å². The molecule has 1 aliphatic rings. The van der Waals surface area contributed by atoms with E-state index in [0.717, 1.165) is 4.88 Å². The Morgan fingerprint density at radius 1 is 1.48 bits per heavy atom. The van der Waals surface area contributed by atoms with E-state index < -0.39 is 18.0 Å². The first-order chi connectivity index (χ1) is 9.95. The molecule has 1 aliphatic heterocycles. The molecule has 1 unspecified atom stereocenters. The predicted molar refractivity (Wildman–Crippen MR) is 78.2 cm³/mol. The van der Waals surface area contributed by atoms with Crippen LogP contribution in [0.25, 0.3) is 0 Å². The van der Waals surface area contributed by atoms with E-state index in [-0.39, 0.29) is 18.8 Å². The third-order valence-corrected chi connectivity index (χ3v) is 4.64. The summed E-state index contributed by atoms with van der Waals surface area (Å²) in [4.78, 5) is 25.9. The highest BCUT2D eigenvalue weighted by Crippen LogP contribution is 2.32. The number of thiophene rings is 1. The fraction of sp³-hybridized carbons (Fsp3) is 0.538. The normalized spacial score (nSPS) is 18.6. The van der Waals surface area contributed by atoms with Crippen molar-refractivity contribution in [3.63, 3.8) is 0 Å². The van der Waals surface area contributed by atoms with E-state index >= 15 is 0 Å². The monoisotopic (exact) mass is 314 g/mol. The van der Waals surface area contributed by atoms with Gasteiger partial charge in [0.15, 0.2) is 0 Å². The van der Waals surface area contributed by atoms with E-state index in [1.165, 1.54) is 16.2 Å². The van der Waals surface area contributed by atoms with Crippen LogP contribution in [0, 0.1) is 13.8 Å². The van der Waals surface area contributed by atoms with Gasteiger partial charge in [-0.05, 0) is 19.4 Å². The molecule has 8 heteroatoms. The molecule has 0 bridgehead atoms. The molecule has 0 spiro atoms. The maximum Gasteiger partial charge on any atom is 0.338 e. The Morgan fingerprint density at radius 2 is 2.19 bits per heavy atom. The van der Waals surface area contributed by atoms with Gasteiger partial charge in [0.25, 0.3) is 0 Å². The average Bonchev–Trinajstić information content (AvgIpc) is 2.73. The number of ether oxygens (including phenoxy) is 1. The van der Waals surface area contributed by atoms with Crippen LogP contribution in [0.2, 0.25) is 0 Å². The number of carboxylic acids is 1. The number of amides is 2. The van der Waals surface area contributed by atoms with Gasteiger partial charge in [0, 0.05) is 11.4 Å². The molecule has 7 nitrogen and oxygen atoms in total. The topological polar surface area (TPSA) is 99.1 Å². The number of hydrogen-bond donors (Lipinski definition) is 3. The lowest BCUT2D eigenvalue weighted by molar-refractivity contribution is -0.00484. The van der Waals surface area contributed by atoms with Gasteiger partial charge in [-0.25, -0.2) is 9.59 Å². The number of nitrogens with zero attached hydrogens (tertiary/aromatic N) is 1.